The Balaban J connectivity index is 2.50. The lowest BCUT2D eigenvalue weighted by atomic mass is 10.2. The van der Waals surface area contributed by atoms with E-state index in [9.17, 15) is 4.79 Å². The smallest absolute Gasteiger partial charge is 0.224 e. The van der Waals surface area contributed by atoms with Gasteiger partial charge in [-0.1, -0.05) is 0 Å². The van der Waals surface area contributed by atoms with Crippen molar-refractivity contribution in [2.45, 2.75) is 33.1 Å². The summed E-state index contributed by atoms with van der Waals surface area (Å²) in [6.07, 6.45) is 3.47. The normalized spacial score (nSPS) is 10.3. The van der Waals surface area contributed by atoms with Crippen LogP contribution in [0.25, 0.3) is 0 Å². The van der Waals surface area contributed by atoms with Gasteiger partial charge in [-0.15, -0.1) is 0 Å². The highest BCUT2D eigenvalue weighted by molar-refractivity contribution is 5.90. The number of aromatic nitrogens is 1. The van der Waals surface area contributed by atoms with Crippen LogP contribution in [0.3, 0.4) is 0 Å². The highest BCUT2D eigenvalue weighted by atomic mass is 16.3. The number of carbonyl (C=O) groups is 1. The number of anilines is 2. The molecule has 2 N–H and O–H groups in total. The highest BCUT2D eigenvalue weighted by Crippen LogP contribution is 2.14. The second-order valence-corrected chi connectivity index (χ2v) is 4.31. The van der Waals surface area contributed by atoms with Crippen molar-refractivity contribution < 1.29 is 9.90 Å². The van der Waals surface area contributed by atoms with Crippen molar-refractivity contribution >= 4 is 17.4 Å². The first-order valence-electron chi connectivity index (χ1n) is 6.83. The van der Waals surface area contributed by atoms with Gasteiger partial charge in [0.2, 0.25) is 5.91 Å². The van der Waals surface area contributed by atoms with Crippen molar-refractivity contribution in [3.63, 3.8) is 0 Å². The van der Waals surface area contributed by atoms with E-state index in [4.69, 9.17) is 5.11 Å². The van der Waals surface area contributed by atoms with E-state index in [-0.39, 0.29) is 12.5 Å². The molecule has 0 saturated carbocycles. The fraction of sp³-hybridized carbons (Fsp3) is 0.571. The minimum Gasteiger partial charge on any atom is -0.396 e. The molecule has 1 rings (SSSR count). The van der Waals surface area contributed by atoms with E-state index in [0.717, 1.165) is 18.9 Å². The zero-order valence-electron chi connectivity index (χ0n) is 11.7. The molecule has 0 saturated heterocycles. The maximum Gasteiger partial charge on any atom is 0.224 e. The summed E-state index contributed by atoms with van der Waals surface area (Å²) < 4.78 is 0. The molecule has 0 aliphatic rings. The van der Waals surface area contributed by atoms with Gasteiger partial charge in [0.25, 0.3) is 0 Å². The number of nitrogens with one attached hydrogen (secondary N) is 1. The third kappa shape index (κ3) is 5.26. The number of carbonyl (C=O) groups excluding carboxylic acids is 1. The maximum absolute atomic E-state index is 11.6. The first-order valence-corrected chi connectivity index (χ1v) is 6.83. The largest absolute Gasteiger partial charge is 0.396 e. The van der Waals surface area contributed by atoms with Crippen LogP contribution in [-0.4, -0.2) is 35.7 Å². The second-order valence-electron chi connectivity index (χ2n) is 4.31. The SMILES string of the molecule is CCN(CC)c1ccc(NC(=O)CCCCO)cn1. The number of pyridine rings is 1. The fourth-order valence-corrected chi connectivity index (χ4v) is 1.82. The van der Waals surface area contributed by atoms with Gasteiger partial charge in [-0.2, -0.15) is 0 Å². The van der Waals surface area contributed by atoms with Crippen molar-refractivity contribution in [3.05, 3.63) is 18.3 Å². The number of aliphatic hydroxyl groups excluding tert-OH is 1. The summed E-state index contributed by atoms with van der Waals surface area (Å²) >= 11 is 0. The number of nitrogens with zero attached hydrogens (tertiary/aromatic N) is 2. The van der Waals surface area contributed by atoms with Crippen LogP contribution in [0.4, 0.5) is 11.5 Å². The van der Waals surface area contributed by atoms with Gasteiger partial charge in [-0.05, 0) is 38.8 Å². The molecule has 0 unspecified atom stereocenters. The van der Waals surface area contributed by atoms with E-state index in [0.29, 0.717) is 24.9 Å². The molecule has 0 aromatic carbocycles. The van der Waals surface area contributed by atoms with E-state index in [1.165, 1.54) is 0 Å². The van der Waals surface area contributed by atoms with E-state index in [1.807, 2.05) is 12.1 Å². The number of aliphatic hydroxyl groups is 1. The van der Waals surface area contributed by atoms with Crippen molar-refractivity contribution in [1.29, 1.82) is 0 Å². The fourth-order valence-electron chi connectivity index (χ4n) is 1.82. The van der Waals surface area contributed by atoms with Crippen LogP contribution in [-0.2, 0) is 4.79 Å². The lowest BCUT2D eigenvalue weighted by Gasteiger charge is -2.19. The van der Waals surface area contributed by atoms with Gasteiger partial charge < -0.3 is 15.3 Å². The standard InChI is InChI=1S/C14H23N3O2/c1-3-17(4-2)13-9-8-12(11-15-13)16-14(19)7-5-6-10-18/h8-9,11,18H,3-7,10H2,1-2H3,(H,16,19). The summed E-state index contributed by atoms with van der Waals surface area (Å²) in [5.74, 6) is 0.883. The molecule has 1 amide bonds. The molecule has 19 heavy (non-hydrogen) atoms. The number of hydrogen-bond acceptors (Lipinski definition) is 4. The van der Waals surface area contributed by atoms with Crippen molar-refractivity contribution in [3.8, 4) is 0 Å². The zero-order chi connectivity index (χ0) is 14.1. The molecule has 1 aromatic heterocycles. The number of amides is 1. The van der Waals surface area contributed by atoms with Crippen molar-refractivity contribution in [2.75, 3.05) is 29.9 Å². The molecular weight excluding hydrogens is 242 g/mol. The predicted molar refractivity (Wildman–Crippen MR) is 77.4 cm³/mol. The first kappa shape index (κ1) is 15.4. The zero-order valence-corrected chi connectivity index (χ0v) is 11.7. The minimum atomic E-state index is -0.0363. The summed E-state index contributed by atoms with van der Waals surface area (Å²) in [4.78, 5) is 18.1. The highest BCUT2D eigenvalue weighted by Gasteiger charge is 2.05. The van der Waals surface area contributed by atoms with Crippen LogP contribution >= 0.6 is 0 Å². The Kier molecular flexibility index (Phi) is 6.89. The average Bonchev–Trinajstić information content (AvgIpc) is 2.42. The predicted octanol–water partition coefficient (Wildman–Crippen LogP) is 2.03. The Morgan fingerprint density at radius 3 is 2.58 bits per heavy atom. The number of hydrogen-bond donors (Lipinski definition) is 2. The van der Waals surface area contributed by atoms with Crippen LogP contribution in [0.5, 0.6) is 0 Å². The van der Waals surface area contributed by atoms with E-state index >= 15 is 0 Å². The Hall–Kier alpha value is -1.62. The van der Waals surface area contributed by atoms with Crippen LogP contribution < -0.4 is 10.2 Å². The van der Waals surface area contributed by atoms with Gasteiger partial charge in [-0.3, -0.25) is 4.79 Å². The van der Waals surface area contributed by atoms with Gasteiger partial charge in [0.15, 0.2) is 0 Å². The molecule has 1 heterocycles. The van der Waals surface area contributed by atoms with Gasteiger partial charge in [0, 0.05) is 26.1 Å². The third-order valence-electron chi connectivity index (χ3n) is 2.93. The Morgan fingerprint density at radius 1 is 1.32 bits per heavy atom. The summed E-state index contributed by atoms with van der Waals surface area (Å²) in [5.41, 5.74) is 0.713. The van der Waals surface area contributed by atoms with Crippen molar-refractivity contribution in [2.24, 2.45) is 0 Å². The molecule has 0 fully saturated rings. The molecule has 106 valence electrons. The van der Waals surface area contributed by atoms with Crippen LogP contribution in [0.1, 0.15) is 33.1 Å². The summed E-state index contributed by atoms with van der Waals surface area (Å²) in [5, 5.41) is 11.5. The molecule has 1 aromatic rings. The number of unbranched alkanes of at least 4 members (excludes halogenated alkanes) is 1. The molecule has 0 radical (unpaired) electrons. The quantitative estimate of drug-likeness (QED) is 0.706. The van der Waals surface area contributed by atoms with Crippen LogP contribution in [0.15, 0.2) is 18.3 Å². The summed E-state index contributed by atoms with van der Waals surface area (Å²) in [7, 11) is 0. The average molecular weight is 265 g/mol. The molecule has 0 bridgehead atoms. The van der Waals surface area contributed by atoms with Crippen molar-refractivity contribution in [1.82, 2.24) is 4.98 Å². The van der Waals surface area contributed by atoms with Gasteiger partial charge in [-0.25, -0.2) is 4.98 Å². The Morgan fingerprint density at radius 2 is 2.05 bits per heavy atom. The van der Waals surface area contributed by atoms with Gasteiger partial charge in [0.05, 0.1) is 11.9 Å². The van der Waals surface area contributed by atoms with Crippen LogP contribution in [0.2, 0.25) is 0 Å². The van der Waals surface area contributed by atoms with Gasteiger partial charge >= 0.3 is 0 Å². The lowest BCUT2D eigenvalue weighted by Crippen LogP contribution is -2.22. The molecule has 5 heteroatoms. The maximum atomic E-state index is 11.6. The molecule has 0 aliphatic heterocycles. The van der Waals surface area contributed by atoms with E-state index < -0.39 is 0 Å². The topological polar surface area (TPSA) is 65.5 Å². The molecule has 0 atom stereocenters. The first-order chi connectivity index (χ1) is 9.21. The van der Waals surface area contributed by atoms with Crippen LogP contribution in [0, 0.1) is 0 Å². The molecular formula is C14H23N3O2. The van der Waals surface area contributed by atoms with E-state index in [2.05, 4.69) is 29.0 Å². The number of rotatable bonds is 8. The Bertz CT molecular complexity index is 375. The third-order valence-corrected chi connectivity index (χ3v) is 2.93. The molecule has 5 nitrogen and oxygen atoms in total. The molecule has 0 aliphatic carbocycles. The Labute approximate surface area is 114 Å². The monoisotopic (exact) mass is 265 g/mol. The second kappa shape index (κ2) is 8.48. The minimum absolute atomic E-state index is 0.0363. The summed E-state index contributed by atoms with van der Waals surface area (Å²) in [6, 6.07) is 3.78. The van der Waals surface area contributed by atoms with Gasteiger partial charge in [0.1, 0.15) is 5.82 Å². The lowest BCUT2D eigenvalue weighted by molar-refractivity contribution is -0.116. The summed E-state index contributed by atoms with van der Waals surface area (Å²) in [6.45, 7) is 6.13. The van der Waals surface area contributed by atoms with E-state index in [1.54, 1.807) is 6.20 Å². The molecule has 0 spiro atoms.